The van der Waals surface area contributed by atoms with Gasteiger partial charge in [-0.1, -0.05) is 31.2 Å². The van der Waals surface area contributed by atoms with Gasteiger partial charge in [-0.15, -0.1) is 0 Å². The van der Waals surface area contributed by atoms with E-state index in [1.165, 1.54) is 0 Å². The highest BCUT2D eigenvalue weighted by Crippen LogP contribution is 2.26. The Labute approximate surface area is 95.5 Å². The van der Waals surface area contributed by atoms with Crippen LogP contribution in [0.15, 0.2) is 40.8 Å². The lowest BCUT2D eigenvalue weighted by molar-refractivity contribution is 0.186. The van der Waals surface area contributed by atoms with Gasteiger partial charge in [0, 0.05) is 0 Å². The standard InChI is InChI=1S/C14H16O2/c1-3-11-6-4-5-7-12(11)14(15)13-9-8-10(2)16-13/h4-9,14-15H,3H2,1-2H3. The van der Waals surface area contributed by atoms with E-state index in [1.807, 2.05) is 43.3 Å². The summed E-state index contributed by atoms with van der Waals surface area (Å²) in [4.78, 5) is 0. The summed E-state index contributed by atoms with van der Waals surface area (Å²) >= 11 is 0. The van der Waals surface area contributed by atoms with Gasteiger partial charge in [-0.05, 0) is 36.6 Å². The van der Waals surface area contributed by atoms with Crippen LogP contribution in [0.3, 0.4) is 0 Å². The third-order valence-electron chi connectivity index (χ3n) is 2.76. The van der Waals surface area contributed by atoms with Crippen LogP contribution in [0.2, 0.25) is 0 Å². The van der Waals surface area contributed by atoms with Gasteiger partial charge in [0.1, 0.15) is 17.6 Å². The normalized spacial score (nSPS) is 12.7. The van der Waals surface area contributed by atoms with Crippen LogP contribution in [-0.2, 0) is 6.42 Å². The Balaban J connectivity index is 2.36. The van der Waals surface area contributed by atoms with Crippen molar-refractivity contribution in [3.63, 3.8) is 0 Å². The fourth-order valence-corrected chi connectivity index (χ4v) is 1.88. The van der Waals surface area contributed by atoms with E-state index in [4.69, 9.17) is 4.42 Å². The number of aliphatic hydroxyl groups excluding tert-OH is 1. The summed E-state index contributed by atoms with van der Waals surface area (Å²) in [6, 6.07) is 11.6. The van der Waals surface area contributed by atoms with Gasteiger partial charge in [0.05, 0.1) is 0 Å². The number of furan rings is 1. The first-order chi connectivity index (χ1) is 7.72. The molecule has 1 heterocycles. The van der Waals surface area contributed by atoms with Crippen molar-refractivity contribution in [2.75, 3.05) is 0 Å². The Hall–Kier alpha value is -1.54. The van der Waals surface area contributed by atoms with Crippen molar-refractivity contribution in [2.24, 2.45) is 0 Å². The van der Waals surface area contributed by atoms with Crippen LogP contribution in [0.5, 0.6) is 0 Å². The molecule has 2 aromatic rings. The highest BCUT2D eigenvalue weighted by molar-refractivity contribution is 5.33. The summed E-state index contributed by atoms with van der Waals surface area (Å²) in [7, 11) is 0. The molecular formula is C14H16O2. The fourth-order valence-electron chi connectivity index (χ4n) is 1.88. The molecule has 0 bridgehead atoms. The quantitative estimate of drug-likeness (QED) is 0.854. The molecule has 0 saturated carbocycles. The number of benzene rings is 1. The highest BCUT2D eigenvalue weighted by atomic mass is 16.4. The van der Waals surface area contributed by atoms with Gasteiger partial charge in [0.15, 0.2) is 0 Å². The molecule has 1 unspecified atom stereocenters. The molecule has 16 heavy (non-hydrogen) atoms. The Bertz CT molecular complexity index is 471. The summed E-state index contributed by atoms with van der Waals surface area (Å²) in [6.45, 7) is 3.96. The molecule has 0 fully saturated rings. The van der Waals surface area contributed by atoms with Crippen molar-refractivity contribution in [3.05, 3.63) is 59.0 Å². The monoisotopic (exact) mass is 216 g/mol. The van der Waals surface area contributed by atoms with Gasteiger partial charge in [-0.3, -0.25) is 0 Å². The molecule has 1 aromatic heterocycles. The predicted octanol–water partition coefficient (Wildman–Crippen LogP) is 3.23. The van der Waals surface area contributed by atoms with Crippen molar-refractivity contribution in [3.8, 4) is 0 Å². The van der Waals surface area contributed by atoms with E-state index in [-0.39, 0.29) is 0 Å². The molecule has 0 saturated heterocycles. The van der Waals surface area contributed by atoms with Crippen molar-refractivity contribution >= 4 is 0 Å². The molecular weight excluding hydrogens is 200 g/mol. The molecule has 1 atom stereocenters. The number of aryl methyl sites for hydroxylation is 2. The predicted molar refractivity (Wildman–Crippen MR) is 63.3 cm³/mol. The zero-order valence-electron chi connectivity index (χ0n) is 9.60. The molecule has 2 rings (SSSR count). The molecule has 1 N–H and O–H groups in total. The second kappa shape index (κ2) is 4.54. The lowest BCUT2D eigenvalue weighted by atomic mass is 9.99. The van der Waals surface area contributed by atoms with Gasteiger partial charge in [-0.25, -0.2) is 0 Å². The van der Waals surface area contributed by atoms with E-state index >= 15 is 0 Å². The molecule has 0 amide bonds. The molecule has 2 nitrogen and oxygen atoms in total. The third kappa shape index (κ3) is 2.02. The van der Waals surface area contributed by atoms with Gasteiger partial charge < -0.3 is 9.52 Å². The maximum absolute atomic E-state index is 10.2. The molecule has 0 aliphatic heterocycles. The second-order valence-corrected chi connectivity index (χ2v) is 3.90. The average molecular weight is 216 g/mol. The van der Waals surface area contributed by atoms with Crippen LogP contribution in [-0.4, -0.2) is 5.11 Å². The molecule has 1 aromatic carbocycles. The molecule has 84 valence electrons. The number of hydrogen-bond donors (Lipinski definition) is 1. The van der Waals surface area contributed by atoms with E-state index in [0.29, 0.717) is 5.76 Å². The minimum Gasteiger partial charge on any atom is -0.463 e. The van der Waals surface area contributed by atoms with Crippen LogP contribution in [0.25, 0.3) is 0 Å². The summed E-state index contributed by atoms with van der Waals surface area (Å²) in [5.74, 6) is 1.43. The average Bonchev–Trinajstić information content (AvgIpc) is 2.75. The van der Waals surface area contributed by atoms with Crippen molar-refractivity contribution in [1.29, 1.82) is 0 Å². The van der Waals surface area contributed by atoms with Crippen LogP contribution >= 0.6 is 0 Å². The summed E-state index contributed by atoms with van der Waals surface area (Å²) < 4.78 is 5.45. The number of hydrogen-bond acceptors (Lipinski definition) is 2. The SMILES string of the molecule is CCc1ccccc1C(O)c1ccc(C)o1. The van der Waals surface area contributed by atoms with Crippen molar-refractivity contribution in [1.82, 2.24) is 0 Å². The third-order valence-corrected chi connectivity index (χ3v) is 2.76. The van der Waals surface area contributed by atoms with E-state index in [2.05, 4.69) is 6.92 Å². The number of aliphatic hydroxyl groups is 1. The van der Waals surface area contributed by atoms with Crippen LogP contribution < -0.4 is 0 Å². The summed E-state index contributed by atoms with van der Waals surface area (Å²) in [5, 5.41) is 10.2. The van der Waals surface area contributed by atoms with Gasteiger partial charge >= 0.3 is 0 Å². The minimum atomic E-state index is -0.662. The first kappa shape index (κ1) is 11.0. The topological polar surface area (TPSA) is 33.4 Å². The Morgan fingerprint density at radius 1 is 1.19 bits per heavy atom. The zero-order chi connectivity index (χ0) is 11.5. The van der Waals surface area contributed by atoms with Gasteiger partial charge in [-0.2, -0.15) is 0 Å². The second-order valence-electron chi connectivity index (χ2n) is 3.90. The van der Waals surface area contributed by atoms with Crippen molar-refractivity contribution in [2.45, 2.75) is 26.4 Å². The lowest BCUT2D eigenvalue weighted by Crippen LogP contribution is -2.02. The maximum atomic E-state index is 10.2. The molecule has 2 heteroatoms. The van der Waals surface area contributed by atoms with Gasteiger partial charge in [0.2, 0.25) is 0 Å². The van der Waals surface area contributed by atoms with Crippen LogP contribution in [0.4, 0.5) is 0 Å². The minimum absolute atomic E-state index is 0.610. The van der Waals surface area contributed by atoms with E-state index in [9.17, 15) is 5.11 Å². The van der Waals surface area contributed by atoms with E-state index in [1.54, 1.807) is 0 Å². The van der Waals surface area contributed by atoms with Gasteiger partial charge in [0.25, 0.3) is 0 Å². The first-order valence-electron chi connectivity index (χ1n) is 5.54. The van der Waals surface area contributed by atoms with Crippen molar-refractivity contribution < 1.29 is 9.52 Å². The first-order valence-corrected chi connectivity index (χ1v) is 5.54. The maximum Gasteiger partial charge on any atom is 0.137 e. The summed E-state index contributed by atoms with van der Waals surface area (Å²) in [6.07, 6.45) is 0.247. The molecule has 0 radical (unpaired) electrons. The Morgan fingerprint density at radius 2 is 1.94 bits per heavy atom. The molecule has 0 aliphatic carbocycles. The van der Waals surface area contributed by atoms with E-state index < -0.39 is 6.10 Å². The Kier molecular flexibility index (Phi) is 3.11. The summed E-state index contributed by atoms with van der Waals surface area (Å²) in [5.41, 5.74) is 2.09. The highest BCUT2D eigenvalue weighted by Gasteiger charge is 2.16. The fraction of sp³-hybridized carbons (Fsp3) is 0.286. The van der Waals surface area contributed by atoms with E-state index in [0.717, 1.165) is 23.3 Å². The zero-order valence-corrected chi connectivity index (χ0v) is 9.60. The largest absolute Gasteiger partial charge is 0.463 e. The van der Waals surface area contributed by atoms with Crippen LogP contribution in [0, 0.1) is 6.92 Å². The smallest absolute Gasteiger partial charge is 0.137 e. The van der Waals surface area contributed by atoms with Crippen LogP contribution in [0.1, 0.15) is 35.7 Å². The number of rotatable bonds is 3. The lowest BCUT2D eigenvalue weighted by Gasteiger charge is -2.12. The Morgan fingerprint density at radius 3 is 2.56 bits per heavy atom. The molecule has 0 aliphatic rings. The molecule has 0 spiro atoms.